The van der Waals surface area contributed by atoms with E-state index in [1.54, 1.807) is 20.3 Å². The number of amides is 1. The summed E-state index contributed by atoms with van der Waals surface area (Å²) in [5.41, 5.74) is 0.768. The smallest absolute Gasteiger partial charge is 0.239 e. The molecule has 5 nitrogen and oxygen atoms in total. The number of hydrogen-bond donors (Lipinski definition) is 2. The highest BCUT2D eigenvalue weighted by molar-refractivity contribution is 5.81. The fourth-order valence-corrected chi connectivity index (χ4v) is 1.45. The largest absolute Gasteiger partial charge is 0.497 e. The molecule has 0 heterocycles. The first-order chi connectivity index (χ1) is 8.71. The minimum atomic E-state index is -0.0327. The average molecular weight is 252 g/mol. The minimum absolute atomic E-state index is 0.0327. The van der Waals surface area contributed by atoms with Crippen molar-refractivity contribution in [2.45, 2.75) is 13.3 Å². The molecule has 0 spiro atoms. The molecule has 1 rings (SSSR count). The molecular weight excluding hydrogens is 232 g/mol. The molecule has 0 aliphatic heterocycles. The van der Waals surface area contributed by atoms with E-state index in [0.29, 0.717) is 18.0 Å². The SMILES string of the molecule is CCCNC(=O)CNc1ccc(OC)cc1OC. The van der Waals surface area contributed by atoms with Gasteiger partial charge < -0.3 is 20.1 Å². The van der Waals surface area contributed by atoms with Gasteiger partial charge in [-0.2, -0.15) is 0 Å². The fourth-order valence-electron chi connectivity index (χ4n) is 1.45. The third kappa shape index (κ3) is 4.16. The number of carbonyl (C=O) groups excluding carboxylic acids is 1. The van der Waals surface area contributed by atoms with Gasteiger partial charge in [0.25, 0.3) is 0 Å². The molecular formula is C13H20N2O3. The zero-order chi connectivity index (χ0) is 13.4. The highest BCUT2D eigenvalue weighted by Gasteiger charge is 2.06. The van der Waals surface area contributed by atoms with Crippen LogP contribution in [0.1, 0.15) is 13.3 Å². The third-order valence-electron chi connectivity index (χ3n) is 2.42. The van der Waals surface area contributed by atoms with Crippen molar-refractivity contribution >= 4 is 11.6 Å². The Morgan fingerprint density at radius 3 is 2.67 bits per heavy atom. The first-order valence-corrected chi connectivity index (χ1v) is 5.93. The summed E-state index contributed by atoms with van der Waals surface area (Å²) in [6.07, 6.45) is 0.928. The summed E-state index contributed by atoms with van der Waals surface area (Å²) in [7, 11) is 3.18. The van der Waals surface area contributed by atoms with Crippen LogP contribution in [-0.2, 0) is 4.79 Å². The van der Waals surface area contributed by atoms with E-state index in [4.69, 9.17) is 9.47 Å². The van der Waals surface area contributed by atoms with Crippen molar-refractivity contribution in [3.63, 3.8) is 0 Å². The number of anilines is 1. The quantitative estimate of drug-likeness (QED) is 0.774. The molecule has 0 saturated carbocycles. The maximum atomic E-state index is 11.5. The lowest BCUT2D eigenvalue weighted by atomic mass is 10.2. The maximum Gasteiger partial charge on any atom is 0.239 e. The average Bonchev–Trinajstić information content (AvgIpc) is 2.42. The second-order valence-electron chi connectivity index (χ2n) is 3.77. The minimum Gasteiger partial charge on any atom is -0.497 e. The summed E-state index contributed by atoms with van der Waals surface area (Å²) in [6, 6.07) is 5.41. The fraction of sp³-hybridized carbons (Fsp3) is 0.462. The molecule has 1 aromatic carbocycles. The summed E-state index contributed by atoms with van der Waals surface area (Å²) >= 11 is 0. The molecule has 18 heavy (non-hydrogen) atoms. The number of carbonyl (C=O) groups is 1. The topological polar surface area (TPSA) is 59.6 Å². The Bertz CT molecular complexity index is 394. The van der Waals surface area contributed by atoms with Gasteiger partial charge in [0.05, 0.1) is 26.5 Å². The Kier molecular flexibility index (Phi) is 5.84. The Morgan fingerprint density at radius 2 is 2.06 bits per heavy atom. The first-order valence-electron chi connectivity index (χ1n) is 5.93. The van der Waals surface area contributed by atoms with Crippen LogP contribution in [0.2, 0.25) is 0 Å². The van der Waals surface area contributed by atoms with Crippen LogP contribution in [0.3, 0.4) is 0 Å². The Morgan fingerprint density at radius 1 is 1.28 bits per heavy atom. The lowest BCUT2D eigenvalue weighted by Gasteiger charge is -2.12. The molecule has 0 atom stereocenters. The molecule has 100 valence electrons. The number of ether oxygens (including phenoxy) is 2. The highest BCUT2D eigenvalue weighted by atomic mass is 16.5. The Labute approximate surface area is 107 Å². The highest BCUT2D eigenvalue weighted by Crippen LogP contribution is 2.28. The summed E-state index contributed by atoms with van der Waals surface area (Å²) < 4.78 is 10.3. The molecule has 1 amide bonds. The van der Waals surface area contributed by atoms with E-state index in [-0.39, 0.29) is 12.5 Å². The van der Waals surface area contributed by atoms with E-state index in [9.17, 15) is 4.79 Å². The van der Waals surface area contributed by atoms with Gasteiger partial charge >= 0.3 is 0 Å². The molecule has 0 aliphatic carbocycles. The van der Waals surface area contributed by atoms with Crippen LogP contribution in [-0.4, -0.2) is 33.2 Å². The summed E-state index contributed by atoms with van der Waals surface area (Å²) in [5, 5.41) is 5.83. The van der Waals surface area contributed by atoms with Crippen LogP contribution >= 0.6 is 0 Å². The van der Waals surface area contributed by atoms with Crippen LogP contribution in [0.25, 0.3) is 0 Å². The molecule has 0 fully saturated rings. The number of benzene rings is 1. The molecule has 0 radical (unpaired) electrons. The van der Waals surface area contributed by atoms with Crippen molar-refractivity contribution in [3.05, 3.63) is 18.2 Å². The third-order valence-corrected chi connectivity index (χ3v) is 2.42. The van der Waals surface area contributed by atoms with Gasteiger partial charge in [0.2, 0.25) is 5.91 Å². The second-order valence-corrected chi connectivity index (χ2v) is 3.77. The lowest BCUT2D eigenvalue weighted by molar-refractivity contribution is -0.119. The molecule has 1 aromatic rings. The van der Waals surface area contributed by atoms with Crippen molar-refractivity contribution in [2.24, 2.45) is 0 Å². The first kappa shape index (κ1) is 14.2. The monoisotopic (exact) mass is 252 g/mol. The van der Waals surface area contributed by atoms with E-state index in [1.165, 1.54) is 0 Å². The lowest BCUT2D eigenvalue weighted by Crippen LogP contribution is -2.30. The van der Waals surface area contributed by atoms with Crippen LogP contribution in [0.5, 0.6) is 11.5 Å². The van der Waals surface area contributed by atoms with Crippen molar-refractivity contribution < 1.29 is 14.3 Å². The molecule has 0 aromatic heterocycles. The van der Waals surface area contributed by atoms with Gasteiger partial charge in [-0.25, -0.2) is 0 Å². The van der Waals surface area contributed by atoms with E-state index in [2.05, 4.69) is 10.6 Å². The Hall–Kier alpha value is -1.91. The van der Waals surface area contributed by atoms with Gasteiger partial charge in [-0.05, 0) is 18.6 Å². The molecule has 2 N–H and O–H groups in total. The molecule has 5 heteroatoms. The van der Waals surface area contributed by atoms with E-state index in [1.807, 2.05) is 19.1 Å². The Balaban J connectivity index is 2.58. The number of hydrogen-bond acceptors (Lipinski definition) is 4. The number of methoxy groups -OCH3 is 2. The van der Waals surface area contributed by atoms with Crippen LogP contribution in [0, 0.1) is 0 Å². The zero-order valence-electron chi connectivity index (χ0n) is 11.1. The van der Waals surface area contributed by atoms with Gasteiger partial charge in [0, 0.05) is 12.6 Å². The van der Waals surface area contributed by atoms with E-state index < -0.39 is 0 Å². The summed E-state index contributed by atoms with van der Waals surface area (Å²) in [5.74, 6) is 1.33. The predicted octanol–water partition coefficient (Wildman–Crippen LogP) is 1.64. The number of rotatable bonds is 7. The van der Waals surface area contributed by atoms with E-state index in [0.717, 1.165) is 12.1 Å². The summed E-state index contributed by atoms with van der Waals surface area (Å²) in [4.78, 5) is 11.5. The van der Waals surface area contributed by atoms with Gasteiger partial charge in [-0.1, -0.05) is 6.92 Å². The normalized spacial score (nSPS) is 9.72. The predicted molar refractivity (Wildman–Crippen MR) is 71.3 cm³/mol. The summed E-state index contributed by atoms with van der Waals surface area (Å²) in [6.45, 7) is 2.93. The van der Waals surface area contributed by atoms with Gasteiger partial charge in [-0.15, -0.1) is 0 Å². The van der Waals surface area contributed by atoms with Gasteiger partial charge in [-0.3, -0.25) is 4.79 Å². The molecule has 0 bridgehead atoms. The van der Waals surface area contributed by atoms with Gasteiger partial charge in [0.15, 0.2) is 0 Å². The maximum absolute atomic E-state index is 11.5. The van der Waals surface area contributed by atoms with Gasteiger partial charge in [0.1, 0.15) is 11.5 Å². The van der Waals surface area contributed by atoms with Crippen molar-refractivity contribution in [1.29, 1.82) is 0 Å². The molecule has 0 saturated heterocycles. The molecule has 0 aliphatic rings. The van der Waals surface area contributed by atoms with Crippen LogP contribution in [0.15, 0.2) is 18.2 Å². The number of nitrogens with one attached hydrogen (secondary N) is 2. The van der Waals surface area contributed by atoms with Crippen LogP contribution in [0.4, 0.5) is 5.69 Å². The van der Waals surface area contributed by atoms with Crippen molar-refractivity contribution in [2.75, 3.05) is 32.6 Å². The van der Waals surface area contributed by atoms with Crippen LogP contribution < -0.4 is 20.1 Å². The van der Waals surface area contributed by atoms with Crippen molar-refractivity contribution in [1.82, 2.24) is 5.32 Å². The second kappa shape index (κ2) is 7.42. The standard InChI is InChI=1S/C13H20N2O3/c1-4-7-14-13(16)9-15-11-6-5-10(17-2)8-12(11)18-3/h5-6,8,15H,4,7,9H2,1-3H3,(H,14,16). The molecule has 0 unspecified atom stereocenters. The zero-order valence-corrected chi connectivity index (χ0v) is 11.1. The van der Waals surface area contributed by atoms with E-state index >= 15 is 0 Å². The van der Waals surface area contributed by atoms with Crippen molar-refractivity contribution in [3.8, 4) is 11.5 Å².